The van der Waals surface area contributed by atoms with Gasteiger partial charge in [-0.05, 0) is 76.3 Å². The van der Waals surface area contributed by atoms with E-state index in [1.165, 1.54) is 12.1 Å². The number of hydrazine groups is 1. The molecule has 0 bridgehead atoms. The van der Waals surface area contributed by atoms with Gasteiger partial charge in [-0.25, -0.2) is 19.2 Å². The first-order valence-corrected chi connectivity index (χ1v) is 15.5. The van der Waals surface area contributed by atoms with Gasteiger partial charge in [0, 0.05) is 47.0 Å². The van der Waals surface area contributed by atoms with Crippen LogP contribution < -0.4 is 15.6 Å². The summed E-state index contributed by atoms with van der Waals surface area (Å²) in [7, 11) is 0. The second-order valence-corrected chi connectivity index (χ2v) is 11.7. The van der Waals surface area contributed by atoms with Gasteiger partial charge in [0.25, 0.3) is 5.91 Å². The van der Waals surface area contributed by atoms with E-state index in [-0.39, 0.29) is 37.6 Å². The lowest BCUT2D eigenvalue weighted by Crippen LogP contribution is -2.53. The molecule has 0 radical (unpaired) electrons. The highest BCUT2D eigenvalue weighted by atomic mass is 79.9. The summed E-state index contributed by atoms with van der Waals surface area (Å²) in [6.45, 7) is 0.314. The van der Waals surface area contributed by atoms with Gasteiger partial charge >= 0.3 is 0 Å². The number of aliphatic hydroxyl groups excluding tert-OH is 1. The van der Waals surface area contributed by atoms with Crippen LogP contribution in [-0.2, 0) is 29.0 Å². The van der Waals surface area contributed by atoms with Crippen LogP contribution in [0, 0.1) is 11.6 Å². The second-order valence-electron chi connectivity index (χ2n) is 10.8. The zero-order valence-electron chi connectivity index (χ0n) is 25.1. The van der Waals surface area contributed by atoms with Crippen molar-refractivity contribution in [2.75, 3.05) is 13.2 Å². The van der Waals surface area contributed by atoms with E-state index in [4.69, 9.17) is 25.1 Å². The van der Waals surface area contributed by atoms with Gasteiger partial charge in [-0.15, -0.1) is 0 Å². The number of amides is 1. The molecule has 0 aromatic heterocycles. The molecule has 0 saturated carbocycles. The van der Waals surface area contributed by atoms with Crippen molar-refractivity contribution in [2.45, 2.75) is 37.6 Å². The lowest BCUT2D eigenvalue weighted by atomic mass is 9.81. The highest BCUT2D eigenvalue weighted by molar-refractivity contribution is 9.10. The summed E-state index contributed by atoms with van der Waals surface area (Å²) in [6, 6.07) is 24.8. The molecule has 4 aromatic carbocycles. The SMILES string of the molecule is [N-]=[N+]=NCc1ccccc1[C@@H]1OC(c2ccc(OCCCO)cc2)=N[C@]1(Cc1ccc(Br)cc1)C(=O)NNCc1cc(F)cc(F)c1. The molecule has 2 atom stereocenters. The van der Waals surface area contributed by atoms with Gasteiger partial charge < -0.3 is 14.6 Å². The van der Waals surface area contributed by atoms with Gasteiger partial charge in [-0.2, -0.15) is 0 Å². The molecule has 0 spiro atoms. The van der Waals surface area contributed by atoms with Crippen molar-refractivity contribution in [1.29, 1.82) is 0 Å². The maximum Gasteiger partial charge on any atom is 0.266 e. The minimum Gasteiger partial charge on any atom is -0.494 e. The van der Waals surface area contributed by atoms with Crippen LogP contribution in [-0.4, -0.2) is 35.7 Å². The van der Waals surface area contributed by atoms with E-state index in [9.17, 15) is 13.6 Å². The van der Waals surface area contributed by atoms with Crippen molar-refractivity contribution >= 4 is 27.7 Å². The third kappa shape index (κ3) is 8.32. The van der Waals surface area contributed by atoms with E-state index < -0.39 is 29.2 Å². The van der Waals surface area contributed by atoms with E-state index in [0.29, 0.717) is 35.5 Å². The highest BCUT2D eigenvalue weighted by Gasteiger charge is 2.54. The Hall–Kier alpha value is -4.81. The average Bonchev–Trinajstić information content (AvgIpc) is 3.45. The molecule has 0 aliphatic carbocycles. The fourth-order valence-electron chi connectivity index (χ4n) is 5.26. The molecule has 242 valence electrons. The Kier molecular flexibility index (Phi) is 11.2. The predicted molar refractivity (Wildman–Crippen MR) is 175 cm³/mol. The van der Waals surface area contributed by atoms with E-state index in [0.717, 1.165) is 16.1 Å². The summed E-state index contributed by atoms with van der Waals surface area (Å²) < 4.78 is 40.7. The first kappa shape index (κ1) is 33.6. The molecule has 1 amide bonds. The van der Waals surface area contributed by atoms with Crippen molar-refractivity contribution in [3.8, 4) is 5.75 Å². The number of nitrogens with one attached hydrogen (secondary N) is 2. The van der Waals surface area contributed by atoms with Gasteiger partial charge in [0.15, 0.2) is 11.6 Å². The lowest BCUT2D eigenvalue weighted by Gasteiger charge is -2.32. The van der Waals surface area contributed by atoms with Crippen LogP contribution in [0.3, 0.4) is 0 Å². The molecule has 10 nitrogen and oxygen atoms in total. The Bertz CT molecular complexity index is 1760. The number of halogens is 3. The monoisotopic (exact) mass is 704 g/mol. The van der Waals surface area contributed by atoms with Gasteiger partial charge in [0.05, 0.1) is 13.2 Å². The largest absolute Gasteiger partial charge is 0.494 e. The number of azide groups is 1. The van der Waals surface area contributed by atoms with Crippen molar-refractivity contribution in [3.63, 3.8) is 0 Å². The Labute approximate surface area is 278 Å². The fraction of sp³-hybridized carbons (Fsp3) is 0.235. The number of benzene rings is 4. The molecule has 1 aliphatic heterocycles. The molecule has 0 unspecified atom stereocenters. The van der Waals surface area contributed by atoms with Crippen LogP contribution in [0.2, 0.25) is 0 Å². The minimum absolute atomic E-state index is 0.0150. The minimum atomic E-state index is -1.59. The molecular formula is C34H31BrF2N6O4. The van der Waals surface area contributed by atoms with Crippen molar-refractivity contribution in [1.82, 2.24) is 10.9 Å². The third-order valence-corrected chi connectivity index (χ3v) is 8.00. The molecule has 5 rings (SSSR count). The van der Waals surface area contributed by atoms with E-state index in [1.54, 1.807) is 48.5 Å². The molecular weight excluding hydrogens is 674 g/mol. The highest BCUT2D eigenvalue weighted by Crippen LogP contribution is 2.44. The van der Waals surface area contributed by atoms with Crippen LogP contribution in [0.15, 0.2) is 106 Å². The van der Waals surface area contributed by atoms with Gasteiger partial charge in [-0.3, -0.25) is 10.2 Å². The van der Waals surface area contributed by atoms with Gasteiger partial charge in [0.1, 0.15) is 17.4 Å². The quantitative estimate of drug-likeness (QED) is 0.0445. The predicted octanol–water partition coefficient (Wildman–Crippen LogP) is 6.62. The Morgan fingerprint density at radius 1 is 1.04 bits per heavy atom. The summed E-state index contributed by atoms with van der Waals surface area (Å²) in [5.74, 6) is -1.23. The molecule has 13 heteroatoms. The van der Waals surface area contributed by atoms with Gasteiger partial charge in [0.2, 0.25) is 5.90 Å². The average molecular weight is 706 g/mol. The lowest BCUT2D eigenvalue weighted by molar-refractivity contribution is -0.130. The van der Waals surface area contributed by atoms with Crippen LogP contribution in [0.5, 0.6) is 5.75 Å². The van der Waals surface area contributed by atoms with Crippen LogP contribution >= 0.6 is 15.9 Å². The Morgan fingerprint density at radius 2 is 1.77 bits per heavy atom. The zero-order chi connectivity index (χ0) is 33.2. The number of ether oxygens (including phenoxy) is 2. The van der Waals surface area contributed by atoms with Crippen LogP contribution in [0.25, 0.3) is 10.4 Å². The topological polar surface area (TPSA) is 141 Å². The number of aliphatic hydroxyl groups is 1. The smallest absolute Gasteiger partial charge is 0.266 e. The summed E-state index contributed by atoms with van der Waals surface area (Å²) >= 11 is 3.46. The van der Waals surface area contributed by atoms with Crippen molar-refractivity contribution in [2.24, 2.45) is 10.1 Å². The number of hydrogen-bond acceptors (Lipinski definition) is 7. The normalized spacial score (nSPS) is 16.9. The van der Waals surface area contributed by atoms with Gasteiger partial charge in [-0.1, -0.05) is 57.4 Å². The van der Waals surface area contributed by atoms with E-state index in [2.05, 4.69) is 36.8 Å². The maximum absolute atomic E-state index is 14.4. The standard InChI is InChI=1S/C34H31BrF2N6O4/c35-26-10-6-22(7-11-26)19-34(33(45)42-39-20-23-16-27(36)18-28(37)17-23)31(30-5-2-1-4-25(30)21-40-43-38)47-32(41-34)24-8-12-29(13-9-24)46-15-3-14-44/h1-2,4-13,16-18,31,39,44H,3,14-15,19-21H2,(H,42,45)/t31-,34-/m0/s1. The molecule has 3 N–H and O–H groups in total. The first-order chi connectivity index (χ1) is 22.8. The molecule has 0 fully saturated rings. The van der Waals surface area contributed by atoms with Crippen molar-refractivity contribution in [3.05, 3.63) is 145 Å². The summed E-state index contributed by atoms with van der Waals surface area (Å²) in [4.78, 5) is 22.3. The van der Waals surface area contributed by atoms with Crippen LogP contribution in [0.4, 0.5) is 8.78 Å². The molecule has 1 aliphatic rings. The first-order valence-electron chi connectivity index (χ1n) is 14.7. The summed E-state index contributed by atoms with van der Waals surface area (Å²) in [5, 5.41) is 12.8. The fourth-order valence-corrected chi connectivity index (χ4v) is 5.53. The Morgan fingerprint density at radius 3 is 2.47 bits per heavy atom. The maximum atomic E-state index is 14.4. The molecule has 1 heterocycles. The summed E-state index contributed by atoms with van der Waals surface area (Å²) in [5.41, 5.74) is 15.9. The molecule has 0 saturated heterocycles. The van der Waals surface area contributed by atoms with E-state index >= 15 is 0 Å². The van der Waals surface area contributed by atoms with E-state index in [1.807, 2.05) is 24.3 Å². The zero-order valence-corrected chi connectivity index (χ0v) is 26.7. The molecule has 47 heavy (non-hydrogen) atoms. The van der Waals surface area contributed by atoms with Crippen molar-refractivity contribution < 1.29 is 28.2 Å². The number of aliphatic imine (C=N–C) groups is 1. The number of carbonyl (C=O) groups excluding carboxylic acids is 1. The number of carbonyl (C=O) groups is 1. The molecule has 4 aromatic rings. The second kappa shape index (κ2) is 15.7. The van der Waals surface area contributed by atoms with Crippen LogP contribution in [0.1, 0.15) is 40.3 Å². The number of rotatable bonds is 14. The Balaban J connectivity index is 1.56. The number of nitrogens with zero attached hydrogens (tertiary/aromatic N) is 4. The summed E-state index contributed by atoms with van der Waals surface area (Å²) in [6.07, 6.45) is -0.376. The number of hydrogen-bond donors (Lipinski definition) is 3. The third-order valence-electron chi connectivity index (χ3n) is 7.48.